The summed E-state index contributed by atoms with van der Waals surface area (Å²) in [4.78, 5) is 13.7. The first kappa shape index (κ1) is 24.4. The first-order chi connectivity index (χ1) is 16.9. The van der Waals surface area contributed by atoms with Gasteiger partial charge in [0, 0.05) is 29.4 Å². The summed E-state index contributed by atoms with van der Waals surface area (Å²) in [5, 5.41) is 15.3. The highest BCUT2D eigenvalue weighted by molar-refractivity contribution is 6.30. The first-order valence-corrected chi connectivity index (χ1v) is 11.7. The molecule has 0 atom stereocenters. The molecule has 2 aromatic carbocycles. The van der Waals surface area contributed by atoms with E-state index in [2.05, 4.69) is 5.16 Å². The molecular formula is C27H28ClN4O3+. The van der Waals surface area contributed by atoms with E-state index in [1.165, 1.54) is 6.21 Å². The number of fused-ring (bicyclic) bond motifs is 1. The molecule has 0 aliphatic heterocycles. The second-order valence-electron chi connectivity index (χ2n) is 8.30. The molecule has 0 fully saturated rings. The van der Waals surface area contributed by atoms with Crippen LogP contribution in [-0.4, -0.2) is 30.1 Å². The molecule has 8 heteroatoms. The molecule has 0 aliphatic carbocycles. The van der Waals surface area contributed by atoms with Crippen molar-refractivity contribution in [1.82, 2.24) is 9.72 Å². The van der Waals surface area contributed by atoms with Gasteiger partial charge in [0.15, 0.2) is 0 Å². The number of nitrogens with zero attached hydrogens (tertiary/aromatic N) is 2. The standard InChI is InChI=1S/C27H27ClN4O3/c1-16-26(17(2)35-31-16)23-12-19-11-22(20(14-29)15-30-3)27(33)32(24(19)13-25(23)34-4)10-9-18-5-7-21(28)8-6-18/h5-8,11-15,29-30H,9-10H2,1-4H3/p+1/b20-15+,29-14?. The lowest BCUT2D eigenvalue weighted by molar-refractivity contribution is -0.555. The third-order valence-corrected chi connectivity index (χ3v) is 6.32. The smallest absolute Gasteiger partial charge is 0.259 e. The fourth-order valence-electron chi connectivity index (χ4n) is 4.35. The maximum atomic E-state index is 13.7. The molecule has 0 saturated heterocycles. The van der Waals surface area contributed by atoms with Crippen LogP contribution in [0.5, 0.6) is 5.75 Å². The lowest BCUT2D eigenvalue weighted by atomic mass is 9.98. The van der Waals surface area contributed by atoms with Crippen molar-refractivity contribution in [2.24, 2.45) is 0 Å². The number of nitrogens with two attached hydrogens (primary N) is 1. The van der Waals surface area contributed by atoms with Crippen molar-refractivity contribution < 1.29 is 14.6 Å². The number of allylic oxidation sites excluding steroid dienone is 1. The molecule has 0 saturated carbocycles. The summed E-state index contributed by atoms with van der Waals surface area (Å²) in [6, 6.07) is 13.4. The number of hydrogen-bond acceptors (Lipinski definition) is 5. The van der Waals surface area contributed by atoms with E-state index in [0.29, 0.717) is 40.6 Å². The van der Waals surface area contributed by atoms with Crippen molar-refractivity contribution in [1.29, 1.82) is 5.41 Å². The van der Waals surface area contributed by atoms with Crippen LogP contribution in [0.15, 0.2) is 58.0 Å². The van der Waals surface area contributed by atoms with E-state index in [9.17, 15) is 4.79 Å². The van der Waals surface area contributed by atoms with Crippen LogP contribution in [0.2, 0.25) is 5.02 Å². The van der Waals surface area contributed by atoms with E-state index >= 15 is 0 Å². The summed E-state index contributed by atoms with van der Waals surface area (Å²) in [7, 11) is 3.48. The van der Waals surface area contributed by atoms with Gasteiger partial charge in [-0.25, -0.2) is 0 Å². The van der Waals surface area contributed by atoms with Gasteiger partial charge in [-0.3, -0.25) is 4.79 Å². The van der Waals surface area contributed by atoms with Gasteiger partial charge in [0.05, 0.1) is 42.1 Å². The molecular weight excluding hydrogens is 464 g/mol. The maximum absolute atomic E-state index is 13.7. The van der Waals surface area contributed by atoms with Gasteiger partial charge in [0.25, 0.3) is 5.56 Å². The molecule has 3 N–H and O–H groups in total. The zero-order valence-electron chi connectivity index (χ0n) is 20.2. The largest absolute Gasteiger partial charge is 0.496 e. The van der Waals surface area contributed by atoms with Crippen LogP contribution >= 0.6 is 11.6 Å². The molecule has 180 valence electrons. The summed E-state index contributed by atoms with van der Waals surface area (Å²) in [6.45, 7) is 4.21. The number of rotatable bonds is 8. The van der Waals surface area contributed by atoms with E-state index in [0.717, 1.165) is 33.3 Å². The zero-order valence-corrected chi connectivity index (χ0v) is 20.9. The van der Waals surface area contributed by atoms with Crippen LogP contribution in [0, 0.1) is 19.3 Å². The van der Waals surface area contributed by atoms with E-state index < -0.39 is 0 Å². The Kier molecular flexibility index (Phi) is 7.19. The number of benzene rings is 2. The minimum Gasteiger partial charge on any atom is -0.496 e. The Morgan fingerprint density at radius 3 is 2.57 bits per heavy atom. The minimum absolute atomic E-state index is 0.157. The van der Waals surface area contributed by atoms with E-state index in [1.807, 2.05) is 68.7 Å². The molecule has 0 aliphatic rings. The molecule has 4 rings (SSSR count). The number of nitrogens with one attached hydrogen (secondary N) is 1. The third kappa shape index (κ3) is 4.78. The van der Waals surface area contributed by atoms with Gasteiger partial charge in [-0.15, -0.1) is 0 Å². The van der Waals surface area contributed by atoms with Crippen LogP contribution in [0.1, 0.15) is 22.6 Å². The van der Waals surface area contributed by atoms with Crippen molar-refractivity contribution in [2.75, 3.05) is 14.2 Å². The predicted molar refractivity (Wildman–Crippen MR) is 139 cm³/mol. The Bertz CT molecular complexity index is 1460. The molecule has 35 heavy (non-hydrogen) atoms. The second kappa shape index (κ2) is 10.3. The van der Waals surface area contributed by atoms with Gasteiger partial charge in [-0.1, -0.05) is 28.9 Å². The summed E-state index contributed by atoms with van der Waals surface area (Å²) in [5.41, 5.74) is 5.16. The Labute approximate surface area is 208 Å². The first-order valence-electron chi connectivity index (χ1n) is 11.3. The molecule has 7 nitrogen and oxygen atoms in total. The predicted octanol–water partition coefficient (Wildman–Crippen LogP) is 4.36. The third-order valence-electron chi connectivity index (χ3n) is 6.07. The number of ether oxygens (including phenoxy) is 1. The molecule has 0 amide bonds. The fraction of sp³-hybridized carbons (Fsp3) is 0.222. The monoisotopic (exact) mass is 491 g/mol. The van der Waals surface area contributed by atoms with Crippen molar-refractivity contribution >= 4 is 34.3 Å². The summed E-state index contributed by atoms with van der Waals surface area (Å²) in [6.07, 6.45) is 3.63. The average Bonchev–Trinajstić information content (AvgIpc) is 3.19. The Morgan fingerprint density at radius 1 is 1.23 bits per heavy atom. The van der Waals surface area contributed by atoms with E-state index in [4.69, 9.17) is 26.3 Å². The van der Waals surface area contributed by atoms with Crippen LogP contribution in [0.3, 0.4) is 0 Å². The number of quaternary nitrogens is 1. The van der Waals surface area contributed by atoms with Crippen molar-refractivity contribution in [2.45, 2.75) is 26.8 Å². The Hall–Kier alpha value is -3.68. The fourth-order valence-corrected chi connectivity index (χ4v) is 4.48. The topological polar surface area (TPSA) is 97.7 Å². The van der Waals surface area contributed by atoms with E-state index in [-0.39, 0.29) is 5.56 Å². The molecule has 0 radical (unpaired) electrons. The van der Waals surface area contributed by atoms with E-state index in [1.54, 1.807) is 17.9 Å². The van der Waals surface area contributed by atoms with Crippen molar-refractivity contribution in [3.63, 3.8) is 0 Å². The van der Waals surface area contributed by atoms with Crippen LogP contribution < -0.4 is 15.6 Å². The van der Waals surface area contributed by atoms with Crippen molar-refractivity contribution in [3.8, 4) is 16.9 Å². The number of aryl methyl sites for hydroxylation is 4. The number of halogens is 1. The normalized spacial score (nSPS) is 11.7. The highest BCUT2D eigenvalue weighted by atomic mass is 35.5. The maximum Gasteiger partial charge on any atom is 0.259 e. The highest BCUT2D eigenvalue weighted by Gasteiger charge is 2.20. The van der Waals surface area contributed by atoms with Gasteiger partial charge in [-0.2, -0.15) is 0 Å². The van der Waals surface area contributed by atoms with Crippen LogP contribution in [0.4, 0.5) is 0 Å². The molecule has 2 heterocycles. The average molecular weight is 492 g/mol. The minimum atomic E-state index is -0.157. The van der Waals surface area contributed by atoms with Gasteiger partial charge in [0.2, 0.25) is 0 Å². The summed E-state index contributed by atoms with van der Waals surface area (Å²) in [5.74, 6) is 1.32. The van der Waals surface area contributed by atoms with Gasteiger partial charge < -0.3 is 24.6 Å². The lowest BCUT2D eigenvalue weighted by Crippen LogP contribution is -2.73. The molecule has 0 bridgehead atoms. The number of aromatic nitrogens is 2. The molecule has 2 aromatic heterocycles. The number of hydrogen-bond donors (Lipinski definition) is 2. The Morgan fingerprint density at radius 2 is 1.97 bits per heavy atom. The van der Waals surface area contributed by atoms with Gasteiger partial charge >= 0.3 is 0 Å². The van der Waals surface area contributed by atoms with Gasteiger partial charge in [-0.05, 0) is 55.5 Å². The van der Waals surface area contributed by atoms with Gasteiger partial charge in [0.1, 0.15) is 17.7 Å². The summed E-state index contributed by atoms with van der Waals surface area (Å²) >= 11 is 6.04. The number of pyridine rings is 1. The van der Waals surface area contributed by atoms with Crippen LogP contribution in [0.25, 0.3) is 27.6 Å². The summed E-state index contributed by atoms with van der Waals surface area (Å²) < 4.78 is 12.9. The highest BCUT2D eigenvalue weighted by Crippen LogP contribution is 2.37. The lowest BCUT2D eigenvalue weighted by Gasteiger charge is -2.17. The molecule has 4 aromatic rings. The Balaban J connectivity index is 1.96. The zero-order chi connectivity index (χ0) is 25.1. The van der Waals surface area contributed by atoms with Crippen molar-refractivity contribution in [3.05, 3.63) is 86.6 Å². The quantitative estimate of drug-likeness (QED) is 0.358. The second-order valence-corrected chi connectivity index (χ2v) is 8.74. The number of methoxy groups -OCH3 is 1. The molecule has 0 spiro atoms. The SMILES string of the molecule is C[NH2+]/C=C(\C=N)c1cc2cc(-c3c(C)noc3C)c(OC)cc2n(CCc2ccc(Cl)cc2)c1=O. The molecule has 0 unspecified atom stereocenters. The van der Waals surface area contributed by atoms with Crippen LogP contribution in [-0.2, 0) is 13.0 Å².